The van der Waals surface area contributed by atoms with Crippen LogP contribution in [0.15, 0.2) is 58.4 Å². The van der Waals surface area contributed by atoms with Crippen LogP contribution in [-0.2, 0) is 9.59 Å². The molecule has 11 heteroatoms. The first kappa shape index (κ1) is 22.0. The van der Waals surface area contributed by atoms with Crippen LogP contribution in [0.5, 0.6) is 11.6 Å². The van der Waals surface area contributed by atoms with E-state index in [1.807, 2.05) is 0 Å². The molecule has 32 heavy (non-hydrogen) atoms. The predicted molar refractivity (Wildman–Crippen MR) is 125 cm³/mol. The maximum atomic E-state index is 13.2. The van der Waals surface area contributed by atoms with Gasteiger partial charge in [0.05, 0.1) is 16.3 Å². The van der Waals surface area contributed by atoms with Crippen molar-refractivity contribution in [2.24, 2.45) is 0 Å². The molecule has 0 radical (unpaired) electrons. The topological polar surface area (TPSA) is 101 Å². The molecule has 0 aliphatic carbocycles. The number of fused-ring (bicyclic) bond motifs is 1. The van der Waals surface area contributed by atoms with Crippen LogP contribution in [0.25, 0.3) is 11.7 Å². The first-order chi connectivity index (χ1) is 15.3. The van der Waals surface area contributed by atoms with E-state index in [0.29, 0.717) is 16.4 Å². The number of amides is 1. The van der Waals surface area contributed by atoms with Crippen LogP contribution in [0.2, 0.25) is 5.02 Å². The normalized spacial score (nSPS) is 15.0. The Kier molecular flexibility index (Phi) is 6.26. The summed E-state index contributed by atoms with van der Waals surface area (Å²) in [5.74, 6) is -1.26. The molecular weight excluding hydrogens is 474 g/mol. The molecule has 162 valence electrons. The van der Waals surface area contributed by atoms with Gasteiger partial charge in [0.1, 0.15) is 21.3 Å². The molecule has 1 aliphatic rings. The van der Waals surface area contributed by atoms with Crippen molar-refractivity contribution in [1.82, 2.24) is 14.3 Å². The van der Waals surface area contributed by atoms with Crippen LogP contribution in [0.1, 0.15) is 12.0 Å². The second-order valence-electron chi connectivity index (χ2n) is 6.57. The molecule has 2 aromatic heterocycles. The van der Waals surface area contributed by atoms with Gasteiger partial charge in [0, 0.05) is 12.7 Å². The average molecular weight is 488 g/mol. The van der Waals surface area contributed by atoms with Crippen LogP contribution >= 0.6 is 35.6 Å². The van der Waals surface area contributed by atoms with Gasteiger partial charge in [0.2, 0.25) is 5.88 Å². The van der Waals surface area contributed by atoms with Crippen LogP contribution in [0.4, 0.5) is 0 Å². The Bertz CT molecular complexity index is 1350. The summed E-state index contributed by atoms with van der Waals surface area (Å²) in [6.45, 7) is -0.0602. The summed E-state index contributed by atoms with van der Waals surface area (Å²) in [6, 6.07) is 11.8. The lowest BCUT2D eigenvalue weighted by atomic mass is 10.2. The first-order valence-electron chi connectivity index (χ1n) is 9.26. The summed E-state index contributed by atoms with van der Waals surface area (Å²) < 4.78 is 7.40. The molecule has 4 rings (SSSR count). The van der Waals surface area contributed by atoms with Gasteiger partial charge in [-0.1, -0.05) is 53.8 Å². The summed E-state index contributed by atoms with van der Waals surface area (Å²) in [5.41, 5.74) is -0.0634. The van der Waals surface area contributed by atoms with Gasteiger partial charge in [0.25, 0.3) is 11.5 Å². The Balaban J connectivity index is 1.81. The molecule has 0 atom stereocenters. The van der Waals surface area contributed by atoms with E-state index in [1.165, 1.54) is 15.4 Å². The van der Waals surface area contributed by atoms with Crippen molar-refractivity contribution in [2.75, 3.05) is 6.54 Å². The number of halogens is 1. The van der Waals surface area contributed by atoms with E-state index in [0.717, 1.165) is 11.8 Å². The summed E-state index contributed by atoms with van der Waals surface area (Å²) in [4.78, 5) is 42.7. The monoisotopic (exact) mass is 487 g/mol. The van der Waals surface area contributed by atoms with E-state index in [1.54, 1.807) is 48.7 Å². The van der Waals surface area contributed by atoms with Gasteiger partial charge in [-0.3, -0.25) is 23.7 Å². The number of carbonyl (C=O) groups is 2. The van der Waals surface area contributed by atoms with Crippen molar-refractivity contribution >= 4 is 63.5 Å². The fourth-order valence-electron chi connectivity index (χ4n) is 2.95. The molecule has 0 unspecified atom stereocenters. The van der Waals surface area contributed by atoms with Crippen molar-refractivity contribution in [3.63, 3.8) is 0 Å². The zero-order chi connectivity index (χ0) is 22.8. The van der Waals surface area contributed by atoms with Crippen molar-refractivity contribution in [3.05, 3.63) is 74.5 Å². The summed E-state index contributed by atoms with van der Waals surface area (Å²) in [6.07, 6.45) is 2.67. The van der Waals surface area contributed by atoms with E-state index in [4.69, 9.17) is 33.7 Å². The average Bonchev–Trinajstić information content (AvgIpc) is 3.03. The zero-order valence-electron chi connectivity index (χ0n) is 16.2. The number of aliphatic carboxylic acids is 1. The van der Waals surface area contributed by atoms with E-state index in [9.17, 15) is 14.4 Å². The highest BCUT2D eigenvalue weighted by atomic mass is 35.5. The number of carboxylic acids is 1. The second-order valence-corrected chi connectivity index (χ2v) is 8.66. The molecular formula is C21H14ClN3O5S2. The quantitative estimate of drug-likeness (QED) is 0.413. The van der Waals surface area contributed by atoms with Gasteiger partial charge in [-0.25, -0.2) is 0 Å². The Hall–Kier alpha value is -3.21. The van der Waals surface area contributed by atoms with Gasteiger partial charge in [-0.05, 0) is 30.3 Å². The smallest absolute Gasteiger partial charge is 0.305 e. The number of thioether (sulfide) groups is 1. The number of pyridine rings is 1. The number of para-hydroxylation sites is 1. The minimum absolute atomic E-state index is 0.0231. The van der Waals surface area contributed by atoms with E-state index < -0.39 is 17.4 Å². The Morgan fingerprint density at radius 1 is 1.22 bits per heavy atom. The lowest BCUT2D eigenvalue weighted by molar-refractivity contribution is -0.137. The van der Waals surface area contributed by atoms with E-state index >= 15 is 0 Å². The number of carbonyl (C=O) groups excluding carboxylic acids is 1. The SMILES string of the molecule is O=C(O)CCN1C(=O)C(=Cc2c(Oc3ccccc3Cl)nc3ccccn3c2=O)SC1=S. The Morgan fingerprint density at radius 3 is 2.72 bits per heavy atom. The summed E-state index contributed by atoms with van der Waals surface area (Å²) in [7, 11) is 0. The minimum atomic E-state index is -1.05. The zero-order valence-corrected chi connectivity index (χ0v) is 18.6. The Morgan fingerprint density at radius 2 is 1.97 bits per heavy atom. The third-order valence-corrected chi connectivity index (χ3v) is 6.17. The van der Waals surface area contributed by atoms with Gasteiger partial charge in [-0.15, -0.1) is 0 Å². The number of benzene rings is 1. The van der Waals surface area contributed by atoms with Gasteiger partial charge >= 0.3 is 5.97 Å². The molecule has 1 amide bonds. The third kappa shape index (κ3) is 4.38. The standard InChI is InChI=1S/C21H14ClN3O5S2/c22-13-5-1-2-6-14(13)30-18-12(19(28)24-9-4-3-7-16(24)23-18)11-15-20(29)25(21(31)32-15)10-8-17(26)27/h1-7,9,11H,8,10H2,(H,26,27). The maximum absolute atomic E-state index is 13.2. The highest BCUT2D eigenvalue weighted by Crippen LogP contribution is 2.35. The van der Waals surface area contributed by atoms with Crippen LogP contribution in [0.3, 0.4) is 0 Å². The van der Waals surface area contributed by atoms with Crippen LogP contribution in [-0.4, -0.2) is 42.1 Å². The number of rotatable bonds is 6. The molecule has 1 aliphatic heterocycles. The highest BCUT2D eigenvalue weighted by molar-refractivity contribution is 8.26. The Labute approximate surface area is 196 Å². The molecule has 1 aromatic carbocycles. The summed E-state index contributed by atoms with van der Waals surface area (Å²) in [5, 5.41) is 9.23. The molecule has 0 bridgehead atoms. The van der Waals surface area contributed by atoms with Crippen LogP contribution < -0.4 is 10.3 Å². The number of carboxylic acid groups (broad SMARTS) is 1. The van der Waals surface area contributed by atoms with Gasteiger partial charge in [-0.2, -0.15) is 4.98 Å². The van der Waals surface area contributed by atoms with Gasteiger partial charge in [0.15, 0.2) is 0 Å². The number of hydrogen-bond donors (Lipinski definition) is 1. The van der Waals surface area contributed by atoms with Crippen molar-refractivity contribution in [3.8, 4) is 11.6 Å². The number of nitrogens with zero attached hydrogens (tertiary/aromatic N) is 3. The lowest BCUT2D eigenvalue weighted by Crippen LogP contribution is -2.30. The fraction of sp³-hybridized carbons (Fsp3) is 0.0952. The molecule has 3 heterocycles. The summed E-state index contributed by atoms with van der Waals surface area (Å²) >= 11 is 12.4. The molecule has 1 fully saturated rings. The van der Waals surface area contributed by atoms with E-state index in [2.05, 4.69) is 4.98 Å². The lowest BCUT2D eigenvalue weighted by Gasteiger charge is -2.12. The van der Waals surface area contributed by atoms with Gasteiger partial charge < -0.3 is 9.84 Å². The number of aromatic nitrogens is 2. The molecule has 0 spiro atoms. The number of ether oxygens (including phenoxy) is 1. The van der Waals surface area contributed by atoms with E-state index in [-0.39, 0.29) is 33.6 Å². The number of thiocarbonyl (C=S) groups is 1. The minimum Gasteiger partial charge on any atom is -0.481 e. The van der Waals surface area contributed by atoms with Crippen molar-refractivity contribution in [2.45, 2.75) is 6.42 Å². The second kappa shape index (κ2) is 9.11. The molecule has 1 N–H and O–H groups in total. The molecule has 1 saturated heterocycles. The fourth-order valence-corrected chi connectivity index (χ4v) is 4.41. The van der Waals surface area contributed by atoms with Crippen LogP contribution in [0, 0.1) is 0 Å². The molecule has 3 aromatic rings. The largest absolute Gasteiger partial charge is 0.481 e. The molecule has 0 saturated carbocycles. The van der Waals surface area contributed by atoms with Crippen molar-refractivity contribution < 1.29 is 19.4 Å². The maximum Gasteiger partial charge on any atom is 0.305 e. The number of hydrogen-bond acceptors (Lipinski definition) is 7. The molecule has 8 nitrogen and oxygen atoms in total. The predicted octanol–water partition coefficient (Wildman–Crippen LogP) is 3.82. The van der Waals surface area contributed by atoms with Crippen molar-refractivity contribution in [1.29, 1.82) is 0 Å². The highest BCUT2D eigenvalue weighted by Gasteiger charge is 2.33. The first-order valence-corrected chi connectivity index (χ1v) is 10.9. The third-order valence-electron chi connectivity index (χ3n) is 4.48.